The standard InChI is InChI=1S/C11H14N2O2/c1-12-10-5-2-6-13(11(10)14)9-4-3-7-15-8-9/h2,5-6,9H,1,3-4,7-8H2/t9-/m0/s1. The number of rotatable bonds is 2. The summed E-state index contributed by atoms with van der Waals surface area (Å²) in [6.07, 6.45) is 3.78. The van der Waals surface area contributed by atoms with Crippen molar-refractivity contribution in [2.24, 2.45) is 4.99 Å². The van der Waals surface area contributed by atoms with Gasteiger partial charge in [0.15, 0.2) is 0 Å². The minimum atomic E-state index is -0.0806. The van der Waals surface area contributed by atoms with E-state index in [0.29, 0.717) is 12.3 Å². The van der Waals surface area contributed by atoms with Crippen molar-refractivity contribution in [2.75, 3.05) is 13.2 Å². The average Bonchev–Trinajstić information content (AvgIpc) is 2.30. The van der Waals surface area contributed by atoms with Crippen LogP contribution in [0.1, 0.15) is 18.9 Å². The Labute approximate surface area is 88.2 Å². The smallest absolute Gasteiger partial charge is 0.276 e. The summed E-state index contributed by atoms with van der Waals surface area (Å²) in [6.45, 7) is 4.79. The molecular weight excluding hydrogens is 192 g/mol. The molecule has 4 heteroatoms. The lowest BCUT2D eigenvalue weighted by Gasteiger charge is -2.24. The largest absolute Gasteiger partial charge is 0.379 e. The van der Waals surface area contributed by atoms with Crippen LogP contribution in [-0.2, 0) is 4.74 Å². The van der Waals surface area contributed by atoms with Crippen molar-refractivity contribution in [3.63, 3.8) is 0 Å². The molecule has 2 heterocycles. The van der Waals surface area contributed by atoms with Crippen LogP contribution in [0.25, 0.3) is 0 Å². The molecular formula is C11H14N2O2. The van der Waals surface area contributed by atoms with Gasteiger partial charge in [0, 0.05) is 12.8 Å². The van der Waals surface area contributed by atoms with Gasteiger partial charge in [-0.05, 0) is 31.7 Å². The zero-order valence-corrected chi connectivity index (χ0v) is 8.56. The van der Waals surface area contributed by atoms with Crippen LogP contribution in [0.2, 0.25) is 0 Å². The van der Waals surface area contributed by atoms with Crippen molar-refractivity contribution in [1.29, 1.82) is 0 Å². The van der Waals surface area contributed by atoms with Gasteiger partial charge in [0.2, 0.25) is 0 Å². The van der Waals surface area contributed by atoms with Crippen molar-refractivity contribution >= 4 is 12.4 Å². The van der Waals surface area contributed by atoms with E-state index in [1.165, 1.54) is 0 Å². The molecule has 15 heavy (non-hydrogen) atoms. The molecule has 1 aromatic heterocycles. The number of hydrogen-bond acceptors (Lipinski definition) is 3. The minimum absolute atomic E-state index is 0.0806. The van der Waals surface area contributed by atoms with Gasteiger partial charge in [0.05, 0.1) is 12.6 Å². The lowest BCUT2D eigenvalue weighted by Crippen LogP contribution is -2.29. The quantitative estimate of drug-likeness (QED) is 0.689. The topological polar surface area (TPSA) is 43.6 Å². The van der Waals surface area contributed by atoms with Crippen molar-refractivity contribution in [3.05, 3.63) is 28.7 Å². The minimum Gasteiger partial charge on any atom is -0.379 e. The van der Waals surface area contributed by atoms with E-state index in [9.17, 15) is 4.79 Å². The number of nitrogens with zero attached hydrogens (tertiary/aromatic N) is 2. The molecule has 80 valence electrons. The normalized spacial score (nSPS) is 21.2. The molecule has 0 aliphatic carbocycles. The summed E-state index contributed by atoms with van der Waals surface area (Å²) in [4.78, 5) is 15.6. The number of ether oxygens (including phenoxy) is 1. The van der Waals surface area contributed by atoms with Crippen LogP contribution in [0, 0.1) is 0 Å². The second-order valence-electron chi connectivity index (χ2n) is 3.63. The highest BCUT2D eigenvalue weighted by Crippen LogP contribution is 2.18. The van der Waals surface area contributed by atoms with Crippen molar-refractivity contribution in [3.8, 4) is 0 Å². The van der Waals surface area contributed by atoms with Crippen LogP contribution in [0.15, 0.2) is 28.1 Å². The van der Waals surface area contributed by atoms with Gasteiger partial charge in [0.1, 0.15) is 5.69 Å². The maximum Gasteiger partial charge on any atom is 0.276 e. The highest BCUT2D eigenvalue weighted by atomic mass is 16.5. The highest BCUT2D eigenvalue weighted by molar-refractivity contribution is 5.43. The lowest BCUT2D eigenvalue weighted by molar-refractivity contribution is 0.0580. The first-order chi connectivity index (χ1) is 7.33. The van der Waals surface area contributed by atoms with Crippen LogP contribution in [-0.4, -0.2) is 24.5 Å². The molecule has 1 aromatic rings. The first-order valence-corrected chi connectivity index (χ1v) is 5.08. The molecule has 2 rings (SSSR count). The Morgan fingerprint density at radius 3 is 3.13 bits per heavy atom. The second kappa shape index (κ2) is 4.40. The van der Waals surface area contributed by atoms with E-state index in [4.69, 9.17) is 4.74 Å². The summed E-state index contributed by atoms with van der Waals surface area (Å²) in [7, 11) is 0. The van der Waals surface area contributed by atoms with Crippen LogP contribution >= 0.6 is 0 Å². The number of pyridine rings is 1. The first kappa shape index (κ1) is 10.1. The molecule has 0 amide bonds. The highest BCUT2D eigenvalue weighted by Gasteiger charge is 2.17. The van der Waals surface area contributed by atoms with Gasteiger partial charge in [-0.25, -0.2) is 0 Å². The van der Waals surface area contributed by atoms with E-state index in [1.54, 1.807) is 16.8 Å². The molecule has 0 unspecified atom stereocenters. The van der Waals surface area contributed by atoms with Gasteiger partial charge in [-0.3, -0.25) is 9.79 Å². The molecule has 1 aliphatic heterocycles. The van der Waals surface area contributed by atoms with Crippen LogP contribution in [0.5, 0.6) is 0 Å². The summed E-state index contributed by atoms with van der Waals surface area (Å²) >= 11 is 0. The Bertz CT molecular complexity index is 405. The Morgan fingerprint density at radius 1 is 1.60 bits per heavy atom. The SMILES string of the molecule is C=Nc1cccn([C@H]2CCCOC2)c1=O. The van der Waals surface area contributed by atoms with Gasteiger partial charge in [-0.2, -0.15) is 0 Å². The predicted octanol–water partition coefficient (Wildman–Crippen LogP) is 1.53. The molecule has 0 N–H and O–H groups in total. The molecule has 0 saturated carbocycles. The monoisotopic (exact) mass is 206 g/mol. The molecule has 1 fully saturated rings. The van der Waals surface area contributed by atoms with Crippen LogP contribution in [0.3, 0.4) is 0 Å². The van der Waals surface area contributed by atoms with E-state index in [2.05, 4.69) is 11.7 Å². The van der Waals surface area contributed by atoms with Crippen LogP contribution < -0.4 is 5.56 Å². The Balaban J connectivity index is 2.34. The zero-order chi connectivity index (χ0) is 10.7. The summed E-state index contributed by atoms with van der Waals surface area (Å²) in [5, 5.41) is 0. The van der Waals surface area contributed by atoms with Gasteiger partial charge in [-0.15, -0.1) is 0 Å². The van der Waals surface area contributed by atoms with E-state index >= 15 is 0 Å². The maximum atomic E-state index is 11.9. The fourth-order valence-electron chi connectivity index (χ4n) is 1.85. The van der Waals surface area contributed by atoms with Crippen molar-refractivity contribution in [1.82, 2.24) is 4.57 Å². The summed E-state index contributed by atoms with van der Waals surface area (Å²) in [5.74, 6) is 0. The Morgan fingerprint density at radius 2 is 2.47 bits per heavy atom. The average molecular weight is 206 g/mol. The molecule has 0 radical (unpaired) electrons. The Kier molecular flexibility index (Phi) is 2.97. The zero-order valence-electron chi connectivity index (χ0n) is 8.56. The maximum absolute atomic E-state index is 11.9. The summed E-state index contributed by atoms with van der Waals surface area (Å²) < 4.78 is 7.06. The third kappa shape index (κ3) is 1.99. The lowest BCUT2D eigenvalue weighted by atomic mass is 10.1. The van der Waals surface area contributed by atoms with Gasteiger partial charge >= 0.3 is 0 Å². The molecule has 0 bridgehead atoms. The summed E-state index contributed by atoms with van der Waals surface area (Å²) in [5.41, 5.74) is 0.325. The predicted molar refractivity (Wildman–Crippen MR) is 59.0 cm³/mol. The molecule has 0 aromatic carbocycles. The van der Waals surface area contributed by atoms with Crippen LogP contribution in [0.4, 0.5) is 5.69 Å². The molecule has 4 nitrogen and oxygen atoms in total. The van der Waals surface area contributed by atoms with Gasteiger partial charge < -0.3 is 9.30 Å². The van der Waals surface area contributed by atoms with Crippen molar-refractivity contribution in [2.45, 2.75) is 18.9 Å². The van der Waals surface area contributed by atoms with E-state index in [0.717, 1.165) is 19.4 Å². The van der Waals surface area contributed by atoms with Crippen molar-refractivity contribution < 1.29 is 4.74 Å². The molecule has 1 aliphatic rings. The Hall–Kier alpha value is -1.42. The number of aliphatic imine (C=N–C) groups is 1. The number of hydrogen-bond donors (Lipinski definition) is 0. The first-order valence-electron chi connectivity index (χ1n) is 5.08. The van der Waals surface area contributed by atoms with E-state index in [1.807, 2.05) is 6.07 Å². The molecule has 0 spiro atoms. The van der Waals surface area contributed by atoms with Gasteiger partial charge in [-0.1, -0.05) is 0 Å². The van der Waals surface area contributed by atoms with E-state index in [-0.39, 0.29) is 11.6 Å². The third-order valence-corrected chi connectivity index (χ3v) is 2.65. The molecule has 1 atom stereocenters. The van der Waals surface area contributed by atoms with E-state index < -0.39 is 0 Å². The number of aromatic nitrogens is 1. The fourth-order valence-corrected chi connectivity index (χ4v) is 1.85. The van der Waals surface area contributed by atoms with Gasteiger partial charge in [0.25, 0.3) is 5.56 Å². The molecule has 1 saturated heterocycles. The second-order valence-corrected chi connectivity index (χ2v) is 3.63. The fraction of sp³-hybridized carbons (Fsp3) is 0.455. The summed E-state index contributed by atoms with van der Waals surface area (Å²) in [6, 6.07) is 3.64. The third-order valence-electron chi connectivity index (χ3n) is 2.65.